The van der Waals surface area contributed by atoms with E-state index >= 15 is 0 Å². The second-order valence-corrected chi connectivity index (χ2v) is 5.07. The Bertz CT molecular complexity index is 586. The minimum absolute atomic E-state index is 0.105. The molecule has 0 saturated carbocycles. The van der Waals surface area contributed by atoms with Gasteiger partial charge in [-0.15, -0.1) is 0 Å². The zero-order valence-corrected chi connectivity index (χ0v) is 12.0. The van der Waals surface area contributed by atoms with E-state index in [1.165, 1.54) is 0 Å². The summed E-state index contributed by atoms with van der Waals surface area (Å²) < 4.78 is 0.782. The van der Waals surface area contributed by atoms with Crippen molar-refractivity contribution in [3.05, 3.63) is 58.3 Å². The predicted octanol–water partition coefficient (Wildman–Crippen LogP) is 2.92. The van der Waals surface area contributed by atoms with Crippen molar-refractivity contribution < 1.29 is 4.79 Å². The highest BCUT2D eigenvalue weighted by Crippen LogP contribution is 2.20. The van der Waals surface area contributed by atoms with Gasteiger partial charge < -0.3 is 11.1 Å². The molecule has 1 amide bonds. The number of hydrogen-bond acceptors (Lipinski definition) is 3. The van der Waals surface area contributed by atoms with Crippen molar-refractivity contribution in [1.82, 2.24) is 10.3 Å². The minimum Gasteiger partial charge on any atom is -0.398 e. The second-order valence-electron chi connectivity index (χ2n) is 4.22. The quantitative estimate of drug-likeness (QED) is 0.855. The summed E-state index contributed by atoms with van der Waals surface area (Å²) in [6.07, 6.45) is 3.44. The molecule has 2 rings (SSSR count). The third kappa shape index (κ3) is 3.32. The number of hydrogen-bond donors (Lipinski definition) is 2. The van der Waals surface area contributed by atoms with Crippen LogP contribution < -0.4 is 11.1 Å². The molecule has 1 heterocycles. The SMILES string of the molecule is CC(NC(=O)c1ccc(Br)c(N)c1)c1cccnc1. The van der Waals surface area contributed by atoms with Crippen molar-refractivity contribution in [3.8, 4) is 0 Å². The summed E-state index contributed by atoms with van der Waals surface area (Å²) in [6, 6.07) is 8.80. The van der Waals surface area contributed by atoms with Crippen LogP contribution >= 0.6 is 15.9 Å². The van der Waals surface area contributed by atoms with E-state index in [1.807, 2.05) is 19.1 Å². The Labute approximate surface area is 120 Å². The third-order valence-corrected chi connectivity index (χ3v) is 3.51. The van der Waals surface area contributed by atoms with E-state index < -0.39 is 0 Å². The summed E-state index contributed by atoms with van der Waals surface area (Å²) in [6.45, 7) is 1.91. The lowest BCUT2D eigenvalue weighted by Gasteiger charge is -2.14. The van der Waals surface area contributed by atoms with E-state index in [9.17, 15) is 4.79 Å². The van der Waals surface area contributed by atoms with Gasteiger partial charge in [0.25, 0.3) is 5.91 Å². The van der Waals surface area contributed by atoms with E-state index in [1.54, 1.807) is 30.6 Å². The number of nitrogen functional groups attached to an aromatic ring is 1. The molecule has 0 saturated heterocycles. The van der Waals surface area contributed by atoms with Gasteiger partial charge in [-0.25, -0.2) is 0 Å². The zero-order chi connectivity index (χ0) is 13.8. The summed E-state index contributed by atoms with van der Waals surface area (Å²) in [5, 5.41) is 2.91. The average molecular weight is 320 g/mol. The highest BCUT2D eigenvalue weighted by atomic mass is 79.9. The second kappa shape index (κ2) is 5.84. The Balaban J connectivity index is 2.11. The van der Waals surface area contributed by atoms with Crippen LogP contribution in [0.2, 0.25) is 0 Å². The number of amides is 1. The number of nitrogens with one attached hydrogen (secondary N) is 1. The molecule has 1 aromatic heterocycles. The van der Waals surface area contributed by atoms with Gasteiger partial charge in [-0.2, -0.15) is 0 Å². The molecular formula is C14H14BrN3O. The van der Waals surface area contributed by atoms with E-state index in [-0.39, 0.29) is 11.9 Å². The molecule has 1 unspecified atom stereocenters. The van der Waals surface area contributed by atoms with E-state index in [0.717, 1.165) is 10.0 Å². The van der Waals surface area contributed by atoms with Gasteiger partial charge in [-0.05, 0) is 52.7 Å². The van der Waals surface area contributed by atoms with Crippen molar-refractivity contribution in [2.75, 3.05) is 5.73 Å². The van der Waals surface area contributed by atoms with Gasteiger partial charge in [-0.3, -0.25) is 9.78 Å². The number of halogens is 1. The van der Waals surface area contributed by atoms with Crippen LogP contribution in [0.25, 0.3) is 0 Å². The number of nitrogens with zero attached hydrogens (tertiary/aromatic N) is 1. The Kier molecular flexibility index (Phi) is 4.16. The molecule has 0 aliphatic heterocycles. The number of aromatic nitrogens is 1. The summed E-state index contributed by atoms with van der Waals surface area (Å²) in [7, 11) is 0. The van der Waals surface area contributed by atoms with Crippen LogP contribution in [0.4, 0.5) is 5.69 Å². The first kappa shape index (κ1) is 13.5. The third-order valence-electron chi connectivity index (χ3n) is 2.79. The van der Waals surface area contributed by atoms with E-state index in [4.69, 9.17) is 5.73 Å². The van der Waals surface area contributed by atoms with Crippen LogP contribution in [0.1, 0.15) is 28.9 Å². The summed E-state index contributed by atoms with van der Waals surface area (Å²) in [4.78, 5) is 16.1. The lowest BCUT2D eigenvalue weighted by Crippen LogP contribution is -2.26. The van der Waals surface area contributed by atoms with Crippen molar-refractivity contribution in [2.45, 2.75) is 13.0 Å². The molecule has 4 nitrogen and oxygen atoms in total. The maximum atomic E-state index is 12.1. The molecule has 0 spiro atoms. The van der Waals surface area contributed by atoms with Crippen molar-refractivity contribution in [2.24, 2.45) is 0 Å². The van der Waals surface area contributed by atoms with Crippen LogP contribution in [0.15, 0.2) is 47.2 Å². The first-order chi connectivity index (χ1) is 9.08. The fraction of sp³-hybridized carbons (Fsp3) is 0.143. The standard InChI is InChI=1S/C14H14BrN3O/c1-9(11-3-2-6-17-8-11)18-14(19)10-4-5-12(15)13(16)7-10/h2-9H,16H2,1H3,(H,18,19). The van der Waals surface area contributed by atoms with Gasteiger partial charge in [0.2, 0.25) is 0 Å². The Morgan fingerprint density at radius 2 is 2.21 bits per heavy atom. The maximum absolute atomic E-state index is 12.1. The molecule has 0 aliphatic carbocycles. The highest BCUT2D eigenvalue weighted by molar-refractivity contribution is 9.10. The van der Waals surface area contributed by atoms with Gasteiger partial charge in [0.15, 0.2) is 0 Å². The molecule has 98 valence electrons. The summed E-state index contributed by atoms with van der Waals surface area (Å²) >= 11 is 3.30. The Morgan fingerprint density at radius 3 is 2.84 bits per heavy atom. The summed E-state index contributed by atoms with van der Waals surface area (Å²) in [5.74, 6) is -0.157. The number of benzene rings is 1. The Hall–Kier alpha value is -1.88. The van der Waals surface area contributed by atoms with Crippen molar-refractivity contribution in [1.29, 1.82) is 0 Å². The fourth-order valence-electron chi connectivity index (χ4n) is 1.68. The van der Waals surface area contributed by atoms with Crippen molar-refractivity contribution >= 4 is 27.5 Å². The fourth-order valence-corrected chi connectivity index (χ4v) is 1.93. The van der Waals surface area contributed by atoms with Gasteiger partial charge in [0, 0.05) is 28.1 Å². The van der Waals surface area contributed by atoms with Gasteiger partial charge in [0.05, 0.1) is 6.04 Å². The largest absolute Gasteiger partial charge is 0.398 e. The molecule has 0 radical (unpaired) electrons. The van der Waals surface area contributed by atoms with Crippen molar-refractivity contribution in [3.63, 3.8) is 0 Å². The van der Waals surface area contributed by atoms with Gasteiger partial charge >= 0.3 is 0 Å². The molecule has 2 aromatic rings. The maximum Gasteiger partial charge on any atom is 0.251 e. The number of nitrogens with two attached hydrogens (primary N) is 1. The number of pyridine rings is 1. The highest BCUT2D eigenvalue weighted by Gasteiger charge is 2.12. The molecule has 0 aliphatic rings. The predicted molar refractivity (Wildman–Crippen MR) is 78.7 cm³/mol. The van der Waals surface area contributed by atoms with E-state index in [2.05, 4.69) is 26.2 Å². The minimum atomic E-state index is -0.157. The summed E-state index contributed by atoms with van der Waals surface area (Å²) in [5.41, 5.74) is 7.80. The van der Waals surface area contributed by atoms with Gasteiger partial charge in [0.1, 0.15) is 0 Å². The molecule has 5 heteroatoms. The van der Waals surface area contributed by atoms with Crippen LogP contribution in [0, 0.1) is 0 Å². The van der Waals surface area contributed by atoms with Crippen LogP contribution in [0.3, 0.4) is 0 Å². The van der Waals surface area contributed by atoms with Gasteiger partial charge in [-0.1, -0.05) is 6.07 Å². The van der Waals surface area contributed by atoms with E-state index in [0.29, 0.717) is 11.3 Å². The number of carbonyl (C=O) groups is 1. The molecule has 1 aromatic carbocycles. The van der Waals surface area contributed by atoms with Crippen LogP contribution in [-0.2, 0) is 0 Å². The average Bonchev–Trinajstić information content (AvgIpc) is 2.42. The molecule has 0 bridgehead atoms. The van der Waals surface area contributed by atoms with Crippen LogP contribution in [0.5, 0.6) is 0 Å². The lowest BCUT2D eigenvalue weighted by atomic mass is 10.1. The molecule has 3 N–H and O–H groups in total. The number of carbonyl (C=O) groups excluding carboxylic acids is 1. The monoisotopic (exact) mass is 319 g/mol. The molecule has 0 fully saturated rings. The Morgan fingerprint density at radius 1 is 1.42 bits per heavy atom. The normalized spacial score (nSPS) is 11.9. The lowest BCUT2D eigenvalue weighted by molar-refractivity contribution is 0.0940. The molecular weight excluding hydrogens is 306 g/mol. The topological polar surface area (TPSA) is 68.0 Å². The molecule has 1 atom stereocenters. The number of rotatable bonds is 3. The molecule has 19 heavy (non-hydrogen) atoms. The smallest absolute Gasteiger partial charge is 0.251 e. The first-order valence-electron chi connectivity index (χ1n) is 5.83. The zero-order valence-electron chi connectivity index (χ0n) is 10.4. The van der Waals surface area contributed by atoms with Crippen LogP contribution in [-0.4, -0.2) is 10.9 Å². The number of anilines is 1. The first-order valence-corrected chi connectivity index (χ1v) is 6.63.